The molecular formula is C12H19NO5. The summed E-state index contributed by atoms with van der Waals surface area (Å²) in [6.07, 6.45) is -0.154. The average Bonchev–Trinajstić information content (AvgIpc) is 2.28. The number of carbonyl (C=O) groups excluding carboxylic acids is 1. The first kappa shape index (κ1) is 13.3. The van der Waals surface area contributed by atoms with E-state index < -0.39 is 12.0 Å². The van der Waals surface area contributed by atoms with Crippen molar-refractivity contribution in [3.05, 3.63) is 11.3 Å². The SMILES string of the molecule is CCOC(=O)C1=C(C)N[C@@]2(O)CO[C@H](OC)[C@@H]1C2. The van der Waals surface area contributed by atoms with Crippen molar-refractivity contribution in [3.63, 3.8) is 0 Å². The molecule has 18 heavy (non-hydrogen) atoms. The second kappa shape index (κ2) is 4.87. The second-order valence-corrected chi connectivity index (χ2v) is 4.64. The van der Waals surface area contributed by atoms with Gasteiger partial charge >= 0.3 is 5.97 Å². The Bertz CT molecular complexity index is 381. The standard InChI is InChI=1S/C12H19NO5/c1-4-17-10(14)9-7(2)13-12(15)5-8(9)11(16-3)18-6-12/h8,11,13,15H,4-6H2,1-3H3/t8-,11+,12+/m1/s1. The zero-order valence-electron chi connectivity index (χ0n) is 10.9. The van der Waals surface area contributed by atoms with Crippen molar-refractivity contribution >= 4 is 5.97 Å². The predicted octanol–water partition coefficient (Wildman–Crippen LogP) is 0.124. The number of hydrogen-bond acceptors (Lipinski definition) is 6. The highest BCUT2D eigenvalue weighted by atomic mass is 16.7. The number of hydrogen-bond donors (Lipinski definition) is 2. The molecule has 2 bridgehead atoms. The van der Waals surface area contributed by atoms with Gasteiger partial charge in [-0.3, -0.25) is 0 Å². The van der Waals surface area contributed by atoms with Gasteiger partial charge in [0.05, 0.1) is 18.8 Å². The summed E-state index contributed by atoms with van der Waals surface area (Å²) in [5.74, 6) is -0.698. The maximum absolute atomic E-state index is 12.0. The number of methoxy groups -OCH3 is 1. The van der Waals surface area contributed by atoms with Crippen LogP contribution in [0.4, 0.5) is 0 Å². The summed E-state index contributed by atoms with van der Waals surface area (Å²) in [5, 5.41) is 13.1. The van der Waals surface area contributed by atoms with Crippen LogP contribution < -0.4 is 5.32 Å². The molecule has 2 aliphatic heterocycles. The van der Waals surface area contributed by atoms with Crippen LogP contribution >= 0.6 is 0 Å². The van der Waals surface area contributed by atoms with Crippen molar-refractivity contribution in [3.8, 4) is 0 Å². The van der Waals surface area contributed by atoms with Gasteiger partial charge in [0.1, 0.15) is 0 Å². The first-order valence-electron chi connectivity index (χ1n) is 6.03. The molecule has 0 spiro atoms. The molecule has 0 amide bonds. The lowest BCUT2D eigenvalue weighted by molar-refractivity contribution is -0.236. The molecule has 2 aliphatic rings. The Morgan fingerprint density at radius 3 is 3.00 bits per heavy atom. The summed E-state index contributed by atoms with van der Waals surface area (Å²) in [5.41, 5.74) is -0.00890. The average molecular weight is 257 g/mol. The van der Waals surface area contributed by atoms with Crippen LogP contribution in [0.25, 0.3) is 0 Å². The number of ether oxygens (including phenoxy) is 3. The topological polar surface area (TPSA) is 77.0 Å². The smallest absolute Gasteiger partial charge is 0.336 e. The molecule has 0 aromatic rings. The van der Waals surface area contributed by atoms with Crippen LogP contribution in [0, 0.1) is 5.92 Å². The molecule has 0 saturated carbocycles. The van der Waals surface area contributed by atoms with Gasteiger partial charge in [-0.2, -0.15) is 0 Å². The van der Waals surface area contributed by atoms with Crippen LogP contribution in [-0.2, 0) is 19.0 Å². The van der Waals surface area contributed by atoms with E-state index >= 15 is 0 Å². The highest BCUT2D eigenvalue weighted by molar-refractivity contribution is 5.90. The Balaban J connectivity index is 2.33. The summed E-state index contributed by atoms with van der Waals surface area (Å²) in [6, 6.07) is 0. The number of allylic oxidation sites excluding steroid dienone is 1. The van der Waals surface area contributed by atoms with Crippen LogP contribution in [0.3, 0.4) is 0 Å². The van der Waals surface area contributed by atoms with Crippen LogP contribution in [-0.4, -0.2) is 43.4 Å². The maximum atomic E-state index is 12.0. The lowest BCUT2D eigenvalue weighted by atomic mass is 9.82. The predicted molar refractivity (Wildman–Crippen MR) is 62.3 cm³/mol. The monoisotopic (exact) mass is 257 g/mol. The molecule has 2 heterocycles. The van der Waals surface area contributed by atoms with Crippen molar-refractivity contribution < 1.29 is 24.1 Å². The summed E-state index contributed by atoms with van der Waals surface area (Å²) in [4.78, 5) is 12.0. The maximum Gasteiger partial charge on any atom is 0.336 e. The number of aliphatic hydroxyl groups is 1. The zero-order chi connectivity index (χ0) is 13.3. The van der Waals surface area contributed by atoms with Crippen molar-refractivity contribution in [2.24, 2.45) is 5.92 Å². The van der Waals surface area contributed by atoms with Crippen molar-refractivity contribution in [1.82, 2.24) is 5.32 Å². The van der Waals surface area contributed by atoms with Crippen molar-refractivity contribution in [1.29, 1.82) is 0 Å². The lowest BCUT2D eigenvalue weighted by Crippen LogP contribution is -2.60. The molecule has 2 N–H and O–H groups in total. The van der Waals surface area contributed by atoms with E-state index in [1.54, 1.807) is 13.8 Å². The summed E-state index contributed by atoms with van der Waals surface area (Å²) >= 11 is 0. The van der Waals surface area contributed by atoms with E-state index in [1.807, 2.05) is 0 Å². The second-order valence-electron chi connectivity index (χ2n) is 4.64. The number of esters is 1. The summed E-state index contributed by atoms with van der Waals surface area (Å²) < 4.78 is 15.7. The molecule has 3 atom stereocenters. The molecule has 0 aromatic carbocycles. The Kier molecular flexibility index (Phi) is 3.61. The van der Waals surface area contributed by atoms with E-state index in [-0.39, 0.29) is 18.5 Å². The minimum absolute atomic E-state index is 0.134. The molecule has 6 nitrogen and oxygen atoms in total. The Morgan fingerprint density at radius 1 is 1.67 bits per heavy atom. The molecule has 0 aliphatic carbocycles. The first-order valence-corrected chi connectivity index (χ1v) is 6.03. The van der Waals surface area contributed by atoms with Gasteiger partial charge in [0.15, 0.2) is 12.0 Å². The molecular weight excluding hydrogens is 238 g/mol. The van der Waals surface area contributed by atoms with Gasteiger partial charge in [0, 0.05) is 25.1 Å². The lowest BCUT2D eigenvalue weighted by Gasteiger charge is -2.46. The minimum Gasteiger partial charge on any atom is -0.463 e. The fraction of sp³-hybridized carbons (Fsp3) is 0.750. The highest BCUT2D eigenvalue weighted by Gasteiger charge is 2.48. The van der Waals surface area contributed by atoms with Crippen molar-refractivity contribution in [2.75, 3.05) is 20.3 Å². The van der Waals surface area contributed by atoms with Gasteiger partial charge in [-0.25, -0.2) is 4.79 Å². The molecule has 1 fully saturated rings. The van der Waals surface area contributed by atoms with E-state index in [1.165, 1.54) is 7.11 Å². The van der Waals surface area contributed by atoms with E-state index in [0.717, 1.165) is 0 Å². The molecule has 0 radical (unpaired) electrons. The minimum atomic E-state index is -1.13. The zero-order valence-corrected chi connectivity index (χ0v) is 10.9. The van der Waals surface area contributed by atoms with E-state index in [9.17, 15) is 9.90 Å². The van der Waals surface area contributed by atoms with Crippen LogP contribution in [0.2, 0.25) is 0 Å². The van der Waals surface area contributed by atoms with Crippen molar-refractivity contribution in [2.45, 2.75) is 32.3 Å². The van der Waals surface area contributed by atoms with Gasteiger partial charge in [0.25, 0.3) is 0 Å². The Labute approximate surface area is 106 Å². The first-order chi connectivity index (χ1) is 8.50. The van der Waals surface area contributed by atoms with Gasteiger partial charge in [-0.15, -0.1) is 0 Å². The largest absolute Gasteiger partial charge is 0.463 e. The third-order valence-electron chi connectivity index (χ3n) is 3.30. The number of fused-ring (bicyclic) bond motifs is 2. The van der Waals surface area contributed by atoms with Gasteiger partial charge in [-0.1, -0.05) is 0 Å². The number of rotatable bonds is 3. The Morgan fingerprint density at radius 2 is 2.39 bits per heavy atom. The third-order valence-corrected chi connectivity index (χ3v) is 3.30. The normalized spacial score (nSPS) is 35.1. The number of carbonyl (C=O) groups is 1. The third kappa shape index (κ3) is 2.23. The fourth-order valence-electron chi connectivity index (χ4n) is 2.62. The van der Waals surface area contributed by atoms with E-state index in [4.69, 9.17) is 14.2 Å². The van der Waals surface area contributed by atoms with E-state index in [2.05, 4.69) is 5.32 Å². The van der Waals surface area contributed by atoms with E-state index in [0.29, 0.717) is 24.3 Å². The van der Waals surface area contributed by atoms with Crippen LogP contribution in [0.15, 0.2) is 11.3 Å². The molecule has 0 aromatic heterocycles. The Hall–Kier alpha value is -1.11. The van der Waals surface area contributed by atoms with Gasteiger partial charge < -0.3 is 24.6 Å². The summed E-state index contributed by atoms with van der Waals surface area (Å²) in [6.45, 7) is 3.95. The molecule has 6 heteroatoms. The van der Waals surface area contributed by atoms with Gasteiger partial charge in [0.2, 0.25) is 0 Å². The quantitative estimate of drug-likeness (QED) is 0.700. The molecule has 102 valence electrons. The molecule has 1 saturated heterocycles. The van der Waals surface area contributed by atoms with Gasteiger partial charge in [-0.05, 0) is 13.8 Å². The van der Waals surface area contributed by atoms with Crippen LogP contribution in [0.1, 0.15) is 20.3 Å². The summed E-state index contributed by atoms with van der Waals surface area (Å²) in [7, 11) is 1.52. The number of nitrogens with one attached hydrogen (secondary N) is 1. The molecule has 0 unspecified atom stereocenters. The van der Waals surface area contributed by atoms with Crippen LogP contribution in [0.5, 0.6) is 0 Å². The highest BCUT2D eigenvalue weighted by Crippen LogP contribution is 2.38. The molecule has 2 rings (SSSR count). The fourth-order valence-corrected chi connectivity index (χ4v) is 2.62.